The molecule has 0 aliphatic heterocycles. The molecule has 0 aliphatic carbocycles. The van der Waals surface area contributed by atoms with E-state index in [0.29, 0.717) is 0 Å². The molecule has 2 nitrogen and oxygen atoms in total. The Morgan fingerprint density at radius 1 is 1.50 bits per heavy atom. The van der Waals surface area contributed by atoms with Crippen molar-refractivity contribution in [1.82, 2.24) is 0 Å². The number of nitrogens with zero attached hydrogens (tertiary/aromatic N) is 1. The van der Waals surface area contributed by atoms with Crippen molar-refractivity contribution >= 4 is 5.69 Å². The highest BCUT2D eigenvalue weighted by atomic mass is 14.9. The smallest absolute Gasteiger partial charge is 0.111 e. The number of hydrogen-bond acceptors (Lipinski definition) is 2. The van der Waals surface area contributed by atoms with Crippen LogP contribution in [0.25, 0.3) is 0 Å². The average molecular weight is 188 g/mol. The molecule has 0 bridgehead atoms. The minimum Gasteiger partial charge on any atom is -0.370 e. The van der Waals surface area contributed by atoms with Crippen molar-refractivity contribution in [3.8, 4) is 6.07 Å². The highest BCUT2D eigenvalue weighted by Crippen LogP contribution is 2.21. The molecule has 1 aromatic rings. The van der Waals surface area contributed by atoms with Gasteiger partial charge < -0.3 is 5.32 Å². The first-order chi connectivity index (χ1) is 6.69. The van der Waals surface area contributed by atoms with Gasteiger partial charge in [-0.2, -0.15) is 5.26 Å². The third-order valence-corrected chi connectivity index (χ3v) is 2.29. The van der Waals surface area contributed by atoms with E-state index in [4.69, 9.17) is 5.26 Å². The molecular formula is C12H16N2. The Kier molecular flexibility index (Phi) is 3.53. The van der Waals surface area contributed by atoms with Gasteiger partial charge in [-0.05, 0) is 31.4 Å². The monoisotopic (exact) mass is 188 g/mol. The number of anilines is 1. The largest absolute Gasteiger partial charge is 0.370 e. The first-order valence-corrected chi connectivity index (χ1v) is 4.93. The molecule has 14 heavy (non-hydrogen) atoms. The normalized spacial score (nSPS) is 11.9. The lowest BCUT2D eigenvalue weighted by molar-refractivity contribution is 0.991. The van der Waals surface area contributed by atoms with Crippen LogP contribution in [0.5, 0.6) is 0 Å². The van der Waals surface area contributed by atoms with E-state index < -0.39 is 0 Å². The summed E-state index contributed by atoms with van der Waals surface area (Å²) < 4.78 is 0. The summed E-state index contributed by atoms with van der Waals surface area (Å²) in [5.74, 6) is 0. The molecule has 74 valence electrons. The maximum Gasteiger partial charge on any atom is 0.111 e. The van der Waals surface area contributed by atoms with Crippen molar-refractivity contribution < 1.29 is 0 Å². The summed E-state index contributed by atoms with van der Waals surface area (Å²) in [5, 5.41) is 12.0. The number of para-hydroxylation sites is 1. The highest BCUT2D eigenvalue weighted by Gasteiger charge is 2.06. The lowest BCUT2D eigenvalue weighted by atomic mass is 10.1. The summed E-state index contributed by atoms with van der Waals surface area (Å²) >= 11 is 0. The number of hydrogen-bond donors (Lipinski definition) is 1. The maximum atomic E-state index is 8.74. The molecule has 0 spiro atoms. The van der Waals surface area contributed by atoms with Gasteiger partial charge in [0.1, 0.15) is 6.04 Å². The van der Waals surface area contributed by atoms with Crippen LogP contribution in [0.1, 0.15) is 25.0 Å². The predicted octanol–water partition coefficient (Wildman–Crippen LogP) is 2.88. The molecule has 0 aliphatic rings. The summed E-state index contributed by atoms with van der Waals surface area (Å²) in [5.41, 5.74) is 3.59. The van der Waals surface area contributed by atoms with Gasteiger partial charge in [0.05, 0.1) is 6.07 Å². The van der Waals surface area contributed by atoms with E-state index in [1.54, 1.807) is 0 Å². The van der Waals surface area contributed by atoms with Crippen molar-refractivity contribution in [3.63, 3.8) is 0 Å². The zero-order valence-electron chi connectivity index (χ0n) is 8.96. The number of nitrogens with one attached hydrogen (secondary N) is 1. The molecule has 1 atom stereocenters. The van der Waals surface area contributed by atoms with E-state index in [2.05, 4.69) is 43.4 Å². The standard InChI is InChI=1S/C12H16N2/c1-4-11-7-5-6-9(2)12(11)14-10(3)8-13/h5-7,10,14H,4H2,1-3H3. The van der Waals surface area contributed by atoms with Gasteiger partial charge in [-0.25, -0.2) is 0 Å². The molecule has 0 saturated carbocycles. The quantitative estimate of drug-likeness (QED) is 0.791. The van der Waals surface area contributed by atoms with Crippen LogP contribution in [0, 0.1) is 18.3 Å². The predicted molar refractivity (Wildman–Crippen MR) is 59.3 cm³/mol. The third-order valence-electron chi connectivity index (χ3n) is 2.29. The fraction of sp³-hybridized carbons (Fsp3) is 0.417. The minimum atomic E-state index is -0.138. The van der Waals surface area contributed by atoms with Gasteiger partial charge in [-0.15, -0.1) is 0 Å². The Balaban J connectivity index is 3.00. The fourth-order valence-corrected chi connectivity index (χ4v) is 1.48. The second-order valence-corrected chi connectivity index (χ2v) is 3.46. The van der Waals surface area contributed by atoms with Crippen LogP contribution in [0.4, 0.5) is 5.69 Å². The number of benzene rings is 1. The van der Waals surface area contributed by atoms with Gasteiger partial charge in [0, 0.05) is 5.69 Å². The Labute approximate surface area is 85.6 Å². The van der Waals surface area contributed by atoms with Crippen LogP contribution < -0.4 is 5.32 Å². The Morgan fingerprint density at radius 2 is 2.21 bits per heavy atom. The molecule has 0 aromatic heterocycles. The van der Waals surface area contributed by atoms with Crippen LogP contribution in [-0.4, -0.2) is 6.04 Å². The summed E-state index contributed by atoms with van der Waals surface area (Å²) in [6.45, 7) is 6.05. The van der Waals surface area contributed by atoms with Gasteiger partial charge in [0.25, 0.3) is 0 Å². The van der Waals surface area contributed by atoms with Crippen LogP contribution in [-0.2, 0) is 6.42 Å². The van der Waals surface area contributed by atoms with Crippen molar-refractivity contribution in [2.75, 3.05) is 5.32 Å². The summed E-state index contributed by atoms with van der Waals surface area (Å²) in [6, 6.07) is 8.25. The summed E-state index contributed by atoms with van der Waals surface area (Å²) in [6.07, 6.45) is 0.988. The van der Waals surface area contributed by atoms with Crippen LogP contribution >= 0.6 is 0 Å². The van der Waals surface area contributed by atoms with Crippen molar-refractivity contribution in [2.45, 2.75) is 33.2 Å². The Hall–Kier alpha value is -1.49. The average Bonchev–Trinajstić information content (AvgIpc) is 2.20. The van der Waals surface area contributed by atoms with Crippen LogP contribution in [0.2, 0.25) is 0 Å². The van der Waals surface area contributed by atoms with Gasteiger partial charge >= 0.3 is 0 Å². The molecule has 2 heteroatoms. The zero-order chi connectivity index (χ0) is 10.6. The number of aryl methyl sites for hydroxylation is 2. The summed E-state index contributed by atoms with van der Waals surface area (Å²) in [7, 11) is 0. The van der Waals surface area contributed by atoms with E-state index in [0.717, 1.165) is 12.1 Å². The minimum absolute atomic E-state index is 0.138. The van der Waals surface area contributed by atoms with Gasteiger partial charge in [-0.1, -0.05) is 25.1 Å². The van der Waals surface area contributed by atoms with Crippen LogP contribution in [0.15, 0.2) is 18.2 Å². The molecule has 0 saturated heterocycles. The van der Waals surface area contributed by atoms with Crippen LogP contribution in [0.3, 0.4) is 0 Å². The first-order valence-electron chi connectivity index (χ1n) is 4.93. The molecule has 0 radical (unpaired) electrons. The maximum absolute atomic E-state index is 8.74. The van der Waals surface area contributed by atoms with E-state index in [9.17, 15) is 0 Å². The molecule has 1 N–H and O–H groups in total. The van der Waals surface area contributed by atoms with Crippen molar-refractivity contribution in [1.29, 1.82) is 5.26 Å². The van der Waals surface area contributed by atoms with E-state index >= 15 is 0 Å². The van der Waals surface area contributed by atoms with Crippen molar-refractivity contribution in [2.24, 2.45) is 0 Å². The first kappa shape index (κ1) is 10.6. The molecule has 0 amide bonds. The Bertz CT molecular complexity index is 350. The lowest BCUT2D eigenvalue weighted by Crippen LogP contribution is -2.14. The third kappa shape index (κ3) is 2.26. The lowest BCUT2D eigenvalue weighted by Gasteiger charge is -2.15. The van der Waals surface area contributed by atoms with Gasteiger partial charge in [-0.3, -0.25) is 0 Å². The highest BCUT2D eigenvalue weighted by molar-refractivity contribution is 5.58. The number of nitriles is 1. The SMILES string of the molecule is CCc1cccc(C)c1NC(C)C#N. The second kappa shape index (κ2) is 4.66. The number of rotatable bonds is 3. The fourth-order valence-electron chi connectivity index (χ4n) is 1.48. The molecule has 0 fully saturated rings. The van der Waals surface area contributed by atoms with Gasteiger partial charge in [0.2, 0.25) is 0 Å². The zero-order valence-corrected chi connectivity index (χ0v) is 8.96. The van der Waals surface area contributed by atoms with E-state index in [1.807, 2.05) is 6.92 Å². The molecule has 1 rings (SSSR count). The molecule has 1 unspecified atom stereocenters. The topological polar surface area (TPSA) is 35.8 Å². The van der Waals surface area contributed by atoms with E-state index in [1.165, 1.54) is 11.1 Å². The van der Waals surface area contributed by atoms with E-state index in [-0.39, 0.29) is 6.04 Å². The molecule has 0 heterocycles. The Morgan fingerprint density at radius 3 is 2.79 bits per heavy atom. The molecule has 1 aromatic carbocycles. The second-order valence-electron chi connectivity index (χ2n) is 3.46. The van der Waals surface area contributed by atoms with Crippen molar-refractivity contribution in [3.05, 3.63) is 29.3 Å². The summed E-state index contributed by atoms with van der Waals surface area (Å²) in [4.78, 5) is 0. The van der Waals surface area contributed by atoms with Gasteiger partial charge in [0.15, 0.2) is 0 Å². The molecular weight excluding hydrogens is 172 g/mol.